The maximum absolute atomic E-state index is 10.7. The second-order valence-electron chi connectivity index (χ2n) is 2.81. The Kier molecular flexibility index (Phi) is 4.01. The molecule has 1 atom stereocenters. The molecule has 0 spiro atoms. The zero-order valence-corrected chi connectivity index (χ0v) is 9.30. The van der Waals surface area contributed by atoms with E-state index in [1.807, 2.05) is 0 Å². The van der Waals surface area contributed by atoms with Crippen molar-refractivity contribution in [2.75, 3.05) is 11.9 Å². The molecule has 0 saturated heterocycles. The van der Waals surface area contributed by atoms with E-state index >= 15 is 0 Å². The van der Waals surface area contributed by atoms with E-state index in [0.29, 0.717) is 22.9 Å². The van der Waals surface area contributed by atoms with Crippen molar-refractivity contribution in [1.82, 2.24) is 4.37 Å². The second kappa shape index (κ2) is 5.06. The molecule has 2 amide bonds. The van der Waals surface area contributed by atoms with E-state index < -0.39 is 12.3 Å². The fraction of sp³-hybridized carbons (Fsp3) is 0.500. The van der Waals surface area contributed by atoms with Gasteiger partial charge in [0.1, 0.15) is 5.00 Å². The fourth-order valence-electron chi connectivity index (χ4n) is 1.11. The minimum absolute atomic E-state index is 0.368. The zero-order valence-electron chi connectivity index (χ0n) is 8.48. The molecular formula is C8H13N3O3S. The van der Waals surface area contributed by atoms with Crippen LogP contribution in [-0.4, -0.2) is 22.1 Å². The van der Waals surface area contributed by atoms with Crippen LogP contribution < -0.4 is 11.1 Å². The van der Waals surface area contributed by atoms with Crippen molar-refractivity contribution in [1.29, 1.82) is 0 Å². The Balaban J connectivity index is 2.92. The summed E-state index contributed by atoms with van der Waals surface area (Å²) in [7, 11) is 0. The predicted molar refractivity (Wildman–Crippen MR) is 56.6 cm³/mol. The van der Waals surface area contributed by atoms with Crippen molar-refractivity contribution >= 4 is 22.6 Å². The number of ether oxygens (including phenoxy) is 1. The zero-order chi connectivity index (χ0) is 11.4. The maximum atomic E-state index is 10.7. The highest BCUT2D eigenvalue weighted by Gasteiger charge is 2.19. The summed E-state index contributed by atoms with van der Waals surface area (Å²) in [5, 5.41) is 12.4. The number of nitrogens with zero attached hydrogens (tertiary/aromatic N) is 1. The average Bonchev–Trinajstić information content (AvgIpc) is 2.46. The monoisotopic (exact) mass is 231 g/mol. The first-order valence-electron chi connectivity index (χ1n) is 4.38. The number of primary amides is 1. The highest BCUT2D eigenvalue weighted by molar-refractivity contribution is 7.10. The number of carbonyl (C=O) groups excluding carboxylic acids is 1. The van der Waals surface area contributed by atoms with E-state index in [1.165, 1.54) is 0 Å². The summed E-state index contributed by atoms with van der Waals surface area (Å²) in [4.78, 5) is 10.7. The summed E-state index contributed by atoms with van der Waals surface area (Å²) in [5.74, 6) is 0. The van der Waals surface area contributed by atoms with Gasteiger partial charge in [0.2, 0.25) is 0 Å². The molecule has 1 unspecified atom stereocenters. The number of nitrogens with one attached hydrogen (secondary N) is 1. The van der Waals surface area contributed by atoms with Gasteiger partial charge < -0.3 is 15.6 Å². The van der Waals surface area contributed by atoms with E-state index in [0.717, 1.165) is 11.5 Å². The number of rotatable bonds is 4. The van der Waals surface area contributed by atoms with Crippen LogP contribution in [0.1, 0.15) is 24.5 Å². The number of hydrogen-bond donors (Lipinski definition) is 3. The highest BCUT2D eigenvalue weighted by Crippen LogP contribution is 2.30. The first-order chi connectivity index (χ1) is 7.06. The molecular weight excluding hydrogens is 218 g/mol. The lowest BCUT2D eigenvalue weighted by Gasteiger charge is -2.11. The van der Waals surface area contributed by atoms with Gasteiger partial charge in [0.15, 0.2) is 6.29 Å². The minimum Gasteiger partial charge on any atom is -0.364 e. The summed E-state index contributed by atoms with van der Waals surface area (Å²) in [6, 6.07) is -0.691. The van der Waals surface area contributed by atoms with E-state index in [4.69, 9.17) is 10.5 Å². The normalized spacial score (nSPS) is 12.5. The number of nitrogens with two attached hydrogens (primary N) is 1. The van der Waals surface area contributed by atoms with E-state index in [-0.39, 0.29) is 0 Å². The van der Waals surface area contributed by atoms with Crippen molar-refractivity contribution in [3.8, 4) is 0 Å². The van der Waals surface area contributed by atoms with Gasteiger partial charge in [-0.3, -0.25) is 5.32 Å². The summed E-state index contributed by atoms with van der Waals surface area (Å²) in [5.41, 5.74) is 6.06. The van der Waals surface area contributed by atoms with Crippen molar-refractivity contribution in [2.45, 2.75) is 20.1 Å². The Morgan fingerprint density at radius 2 is 2.47 bits per heavy atom. The fourth-order valence-corrected chi connectivity index (χ4v) is 1.93. The molecule has 0 aliphatic rings. The van der Waals surface area contributed by atoms with Crippen LogP contribution in [0.5, 0.6) is 0 Å². The van der Waals surface area contributed by atoms with Crippen LogP contribution in [0.25, 0.3) is 0 Å². The van der Waals surface area contributed by atoms with Gasteiger partial charge in [-0.1, -0.05) is 0 Å². The number of urea groups is 1. The Morgan fingerprint density at radius 1 is 1.80 bits per heavy atom. The standard InChI is InChI=1S/C8H13N3O3S/c1-3-14-7(12)5-4(2)11-15-6(5)10-8(9)13/h7,12H,3H2,1-2H3,(H3,9,10,13). The summed E-state index contributed by atoms with van der Waals surface area (Å²) in [6.07, 6.45) is -1.09. The Bertz CT molecular complexity index is 353. The molecule has 7 heteroatoms. The third kappa shape index (κ3) is 2.88. The van der Waals surface area contributed by atoms with Crippen molar-refractivity contribution in [3.05, 3.63) is 11.3 Å². The van der Waals surface area contributed by atoms with Crippen LogP contribution in [0.4, 0.5) is 9.80 Å². The smallest absolute Gasteiger partial charge is 0.317 e. The van der Waals surface area contributed by atoms with Crippen LogP contribution in [0.3, 0.4) is 0 Å². The molecule has 1 aromatic rings. The molecule has 1 aromatic heterocycles. The largest absolute Gasteiger partial charge is 0.364 e. The van der Waals surface area contributed by atoms with Crippen molar-refractivity contribution < 1.29 is 14.6 Å². The van der Waals surface area contributed by atoms with Crippen LogP contribution in [0, 0.1) is 6.92 Å². The number of aliphatic hydroxyl groups excluding tert-OH is 1. The Morgan fingerprint density at radius 3 is 3.00 bits per heavy atom. The third-order valence-electron chi connectivity index (χ3n) is 1.72. The van der Waals surface area contributed by atoms with Gasteiger partial charge in [0, 0.05) is 6.61 Å². The van der Waals surface area contributed by atoms with E-state index in [1.54, 1.807) is 13.8 Å². The molecule has 84 valence electrons. The lowest BCUT2D eigenvalue weighted by molar-refractivity contribution is -0.0977. The molecule has 0 aromatic carbocycles. The lowest BCUT2D eigenvalue weighted by atomic mass is 10.2. The SMILES string of the molecule is CCOC(O)c1c(C)nsc1NC(N)=O. The Hall–Kier alpha value is -1.18. The van der Waals surface area contributed by atoms with Gasteiger partial charge in [0.05, 0.1) is 11.3 Å². The van der Waals surface area contributed by atoms with E-state index in [9.17, 15) is 9.90 Å². The number of aromatic nitrogens is 1. The molecule has 15 heavy (non-hydrogen) atoms. The Labute approximate surface area is 91.2 Å². The predicted octanol–water partition coefficient (Wildman–Crippen LogP) is 0.970. The van der Waals surface area contributed by atoms with Crippen molar-refractivity contribution in [3.63, 3.8) is 0 Å². The third-order valence-corrected chi connectivity index (χ3v) is 2.59. The van der Waals surface area contributed by atoms with Crippen molar-refractivity contribution in [2.24, 2.45) is 5.73 Å². The van der Waals surface area contributed by atoms with Gasteiger partial charge in [-0.2, -0.15) is 4.37 Å². The maximum Gasteiger partial charge on any atom is 0.317 e. The van der Waals surface area contributed by atoms with Crippen LogP contribution in [0.2, 0.25) is 0 Å². The second-order valence-corrected chi connectivity index (χ2v) is 3.58. The number of hydrogen-bond acceptors (Lipinski definition) is 5. The van der Waals surface area contributed by atoms with Crippen LogP contribution in [0.15, 0.2) is 0 Å². The first-order valence-corrected chi connectivity index (χ1v) is 5.15. The molecule has 0 saturated carbocycles. The topological polar surface area (TPSA) is 97.5 Å². The molecule has 1 heterocycles. The molecule has 1 rings (SSSR count). The van der Waals surface area contributed by atoms with Crippen LogP contribution in [-0.2, 0) is 4.74 Å². The van der Waals surface area contributed by atoms with Gasteiger partial charge in [-0.15, -0.1) is 0 Å². The molecule has 0 fully saturated rings. The summed E-state index contributed by atoms with van der Waals surface area (Å²) >= 11 is 1.06. The number of amides is 2. The molecule has 0 radical (unpaired) electrons. The quantitative estimate of drug-likeness (QED) is 0.672. The van der Waals surface area contributed by atoms with Gasteiger partial charge >= 0.3 is 6.03 Å². The molecule has 0 aliphatic carbocycles. The highest BCUT2D eigenvalue weighted by atomic mass is 32.1. The average molecular weight is 231 g/mol. The van der Waals surface area contributed by atoms with Gasteiger partial charge in [-0.25, -0.2) is 4.79 Å². The number of aliphatic hydroxyl groups is 1. The number of carbonyl (C=O) groups is 1. The lowest BCUT2D eigenvalue weighted by Crippen LogP contribution is -2.20. The van der Waals surface area contributed by atoms with E-state index in [2.05, 4.69) is 9.69 Å². The molecule has 0 bridgehead atoms. The minimum atomic E-state index is -1.09. The molecule has 6 nitrogen and oxygen atoms in total. The first kappa shape index (κ1) is 11.9. The number of aryl methyl sites for hydroxylation is 1. The number of anilines is 1. The molecule has 0 aliphatic heterocycles. The van der Waals surface area contributed by atoms with Gasteiger partial charge in [-0.05, 0) is 25.4 Å². The summed E-state index contributed by atoms with van der Waals surface area (Å²) in [6.45, 7) is 3.85. The molecule has 4 N–H and O–H groups in total. The summed E-state index contributed by atoms with van der Waals surface area (Å²) < 4.78 is 9.02. The van der Waals surface area contributed by atoms with Crippen LogP contribution >= 0.6 is 11.5 Å². The van der Waals surface area contributed by atoms with Gasteiger partial charge in [0.25, 0.3) is 0 Å².